The zero-order chi connectivity index (χ0) is 21.9. The van der Waals surface area contributed by atoms with Crippen molar-refractivity contribution in [3.8, 4) is 5.75 Å². The lowest BCUT2D eigenvalue weighted by atomic mass is 10.2. The Hall–Kier alpha value is -3.03. The molecule has 0 fully saturated rings. The van der Waals surface area contributed by atoms with Gasteiger partial charge in [-0.3, -0.25) is 9.10 Å². The van der Waals surface area contributed by atoms with E-state index in [1.165, 1.54) is 38.4 Å². The van der Waals surface area contributed by atoms with Gasteiger partial charge in [0, 0.05) is 12.6 Å². The lowest BCUT2D eigenvalue weighted by Crippen LogP contribution is -2.27. The number of nitrogens with one attached hydrogen (secondary N) is 1. The van der Waals surface area contributed by atoms with Crippen LogP contribution in [-0.2, 0) is 10.0 Å². The number of ether oxygens (including phenoxy) is 1. The minimum Gasteiger partial charge on any atom is -0.495 e. The molecule has 0 aliphatic carbocycles. The third-order valence-corrected chi connectivity index (χ3v) is 6.67. The summed E-state index contributed by atoms with van der Waals surface area (Å²) in [5.74, 6) is 0.0531. The van der Waals surface area contributed by atoms with Gasteiger partial charge in [0.05, 0.1) is 28.4 Å². The largest absolute Gasteiger partial charge is 0.495 e. The average Bonchev–Trinajstić information content (AvgIpc) is 2.75. The van der Waals surface area contributed by atoms with Gasteiger partial charge >= 0.3 is 0 Å². The Morgan fingerprint density at radius 3 is 2.33 bits per heavy atom. The van der Waals surface area contributed by atoms with E-state index in [-0.39, 0.29) is 10.8 Å². The summed E-state index contributed by atoms with van der Waals surface area (Å²) in [6.45, 7) is 1.90. The van der Waals surface area contributed by atoms with E-state index in [4.69, 9.17) is 16.3 Å². The number of aryl methyl sites for hydroxylation is 1. The van der Waals surface area contributed by atoms with Gasteiger partial charge < -0.3 is 10.1 Å². The molecular formula is C22H21ClN2O4S. The maximum absolute atomic E-state index is 13.0. The molecular weight excluding hydrogens is 424 g/mol. The highest BCUT2D eigenvalue weighted by Gasteiger charge is 2.24. The fourth-order valence-electron chi connectivity index (χ4n) is 2.87. The molecule has 1 N–H and O–H groups in total. The molecule has 0 spiro atoms. The standard InChI is InChI=1S/C22H21ClN2O4S/c1-15-8-13-19(18(23)14-15)24-22(26)16-9-11-17(12-10-16)30(27,28)25(2)20-6-4-5-7-21(20)29-3/h4-14H,1-3H3,(H,24,26). The predicted molar refractivity (Wildman–Crippen MR) is 119 cm³/mol. The molecule has 0 aromatic heterocycles. The molecule has 0 saturated carbocycles. The quantitative estimate of drug-likeness (QED) is 0.596. The van der Waals surface area contributed by atoms with Crippen molar-refractivity contribution in [2.24, 2.45) is 0 Å². The molecule has 0 aliphatic heterocycles. The molecule has 0 radical (unpaired) electrons. The number of anilines is 2. The van der Waals surface area contributed by atoms with E-state index in [0.717, 1.165) is 9.87 Å². The number of para-hydroxylation sites is 2. The van der Waals surface area contributed by atoms with E-state index in [1.54, 1.807) is 36.4 Å². The van der Waals surface area contributed by atoms with Crippen molar-refractivity contribution in [1.29, 1.82) is 0 Å². The second kappa shape index (κ2) is 8.77. The smallest absolute Gasteiger partial charge is 0.264 e. The monoisotopic (exact) mass is 444 g/mol. The van der Waals surface area contributed by atoms with Crippen LogP contribution in [0.2, 0.25) is 5.02 Å². The number of amides is 1. The van der Waals surface area contributed by atoms with Crippen molar-refractivity contribution in [3.63, 3.8) is 0 Å². The molecule has 0 atom stereocenters. The molecule has 30 heavy (non-hydrogen) atoms. The van der Waals surface area contributed by atoms with Crippen LogP contribution in [-0.4, -0.2) is 28.5 Å². The summed E-state index contributed by atoms with van der Waals surface area (Å²) in [5.41, 5.74) is 2.19. The predicted octanol–water partition coefficient (Wildman–Crippen LogP) is 4.73. The number of carbonyl (C=O) groups is 1. The van der Waals surface area contributed by atoms with Crippen LogP contribution in [0.25, 0.3) is 0 Å². The minimum absolute atomic E-state index is 0.0563. The van der Waals surface area contributed by atoms with Gasteiger partial charge in [0.1, 0.15) is 5.75 Å². The number of hydrogen-bond donors (Lipinski definition) is 1. The highest BCUT2D eigenvalue weighted by Crippen LogP contribution is 2.31. The van der Waals surface area contributed by atoms with E-state index in [2.05, 4.69) is 5.32 Å². The Morgan fingerprint density at radius 1 is 1.03 bits per heavy atom. The molecule has 3 rings (SSSR count). The fourth-order valence-corrected chi connectivity index (χ4v) is 4.36. The van der Waals surface area contributed by atoms with Crippen LogP contribution in [0.3, 0.4) is 0 Å². The first kappa shape index (κ1) is 21.7. The zero-order valence-electron chi connectivity index (χ0n) is 16.7. The van der Waals surface area contributed by atoms with Crippen LogP contribution < -0.4 is 14.4 Å². The second-order valence-electron chi connectivity index (χ2n) is 6.61. The molecule has 1 amide bonds. The maximum Gasteiger partial charge on any atom is 0.264 e. The van der Waals surface area contributed by atoms with Gasteiger partial charge in [-0.25, -0.2) is 8.42 Å². The number of rotatable bonds is 6. The topological polar surface area (TPSA) is 75.7 Å². The summed E-state index contributed by atoms with van der Waals surface area (Å²) in [4.78, 5) is 12.6. The first-order valence-electron chi connectivity index (χ1n) is 9.03. The molecule has 0 bridgehead atoms. The number of nitrogens with zero attached hydrogens (tertiary/aromatic N) is 1. The van der Waals surface area contributed by atoms with Gasteiger partial charge in [0.25, 0.3) is 15.9 Å². The lowest BCUT2D eigenvalue weighted by molar-refractivity contribution is 0.102. The van der Waals surface area contributed by atoms with Gasteiger partial charge in [-0.1, -0.05) is 29.8 Å². The van der Waals surface area contributed by atoms with Crippen molar-refractivity contribution in [3.05, 3.63) is 82.9 Å². The van der Waals surface area contributed by atoms with E-state index in [1.807, 2.05) is 13.0 Å². The van der Waals surface area contributed by atoms with E-state index < -0.39 is 10.0 Å². The molecule has 0 heterocycles. The Labute approximate surface area is 181 Å². The molecule has 6 nitrogen and oxygen atoms in total. The molecule has 3 aromatic rings. The van der Waals surface area contributed by atoms with Crippen molar-refractivity contribution in [2.45, 2.75) is 11.8 Å². The molecule has 0 saturated heterocycles. The fraction of sp³-hybridized carbons (Fsp3) is 0.136. The number of hydrogen-bond acceptors (Lipinski definition) is 4. The summed E-state index contributed by atoms with van der Waals surface area (Å²) in [7, 11) is -0.906. The summed E-state index contributed by atoms with van der Waals surface area (Å²) in [6.07, 6.45) is 0. The van der Waals surface area contributed by atoms with E-state index >= 15 is 0 Å². The number of sulfonamides is 1. The van der Waals surface area contributed by atoms with Crippen LogP contribution >= 0.6 is 11.6 Å². The Balaban J connectivity index is 1.82. The Kier molecular flexibility index (Phi) is 6.34. The van der Waals surface area contributed by atoms with Gasteiger partial charge in [0.2, 0.25) is 0 Å². The van der Waals surface area contributed by atoms with Gasteiger partial charge in [-0.2, -0.15) is 0 Å². The number of halogens is 1. The van der Waals surface area contributed by atoms with Crippen LogP contribution in [0.1, 0.15) is 15.9 Å². The van der Waals surface area contributed by atoms with Crippen molar-refractivity contribution in [1.82, 2.24) is 0 Å². The Bertz CT molecular complexity index is 1180. The normalized spacial score (nSPS) is 11.1. The second-order valence-corrected chi connectivity index (χ2v) is 8.98. The summed E-state index contributed by atoms with van der Waals surface area (Å²) < 4.78 is 32.4. The molecule has 156 valence electrons. The van der Waals surface area contributed by atoms with Crippen molar-refractivity contribution < 1.29 is 17.9 Å². The van der Waals surface area contributed by atoms with Gasteiger partial charge in [-0.05, 0) is 61.0 Å². The van der Waals surface area contributed by atoms with Gasteiger partial charge in [0.15, 0.2) is 0 Å². The van der Waals surface area contributed by atoms with Crippen LogP contribution in [0.15, 0.2) is 71.6 Å². The summed E-state index contributed by atoms with van der Waals surface area (Å²) in [6, 6.07) is 17.8. The molecule has 8 heteroatoms. The molecule has 0 aliphatic rings. The highest BCUT2D eigenvalue weighted by atomic mass is 35.5. The summed E-state index contributed by atoms with van der Waals surface area (Å²) in [5, 5.41) is 3.16. The van der Waals surface area contributed by atoms with E-state index in [9.17, 15) is 13.2 Å². The third kappa shape index (κ3) is 4.42. The molecule has 3 aromatic carbocycles. The zero-order valence-corrected chi connectivity index (χ0v) is 18.3. The Morgan fingerprint density at radius 2 is 1.70 bits per heavy atom. The van der Waals surface area contributed by atoms with Crippen molar-refractivity contribution in [2.75, 3.05) is 23.8 Å². The first-order valence-corrected chi connectivity index (χ1v) is 10.9. The van der Waals surface area contributed by atoms with E-state index in [0.29, 0.717) is 27.7 Å². The van der Waals surface area contributed by atoms with Gasteiger partial charge in [-0.15, -0.1) is 0 Å². The first-order chi connectivity index (χ1) is 14.2. The number of methoxy groups -OCH3 is 1. The van der Waals surface area contributed by atoms with Crippen LogP contribution in [0.4, 0.5) is 11.4 Å². The average molecular weight is 445 g/mol. The SMILES string of the molecule is COc1ccccc1N(C)S(=O)(=O)c1ccc(C(=O)Nc2ccc(C)cc2Cl)cc1. The third-order valence-electron chi connectivity index (χ3n) is 4.57. The number of benzene rings is 3. The summed E-state index contributed by atoms with van der Waals surface area (Å²) >= 11 is 6.15. The lowest BCUT2D eigenvalue weighted by Gasteiger charge is -2.21. The molecule has 0 unspecified atom stereocenters. The minimum atomic E-state index is -3.84. The highest BCUT2D eigenvalue weighted by molar-refractivity contribution is 7.92. The maximum atomic E-state index is 13.0. The van der Waals surface area contributed by atoms with Crippen LogP contribution in [0, 0.1) is 6.92 Å². The van der Waals surface area contributed by atoms with Crippen molar-refractivity contribution >= 4 is 38.9 Å². The van der Waals surface area contributed by atoms with Crippen LogP contribution in [0.5, 0.6) is 5.75 Å². The number of carbonyl (C=O) groups excluding carboxylic acids is 1.